The lowest BCUT2D eigenvalue weighted by Gasteiger charge is -2.07. The average Bonchev–Trinajstić information content (AvgIpc) is 2.35. The summed E-state index contributed by atoms with van der Waals surface area (Å²) in [5.74, 6) is -0.437. The number of aromatic amines is 1. The number of benzene rings is 1. The predicted octanol–water partition coefficient (Wildman–Crippen LogP) is 2.23. The molecule has 0 radical (unpaired) electrons. The summed E-state index contributed by atoms with van der Waals surface area (Å²) in [7, 11) is 1.60. The molecule has 18 heavy (non-hydrogen) atoms. The van der Waals surface area contributed by atoms with Gasteiger partial charge in [0.2, 0.25) is 0 Å². The Hall–Kier alpha value is -1.53. The van der Waals surface area contributed by atoms with Crippen LogP contribution in [0.15, 0.2) is 23.0 Å². The third-order valence-corrected chi connectivity index (χ3v) is 3.00. The average molecular weight is 268 g/mol. The van der Waals surface area contributed by atoms with Crippen molar-refractivity contribution < 1.29 is 9.13 Å². The molecular weight excluding hydrogens is 255 g/mol. The van der Waals surface area contributed by atoms with Gasteiger partial charge >= 0.3 is 0 Å². The number of halogens is 1. The van der Waals surface area contributed by atoms with E-state index in [1.54, 1.807) is 7.11 Å². The fourth-order valence-electron chi connectivity index (χ4n) is 1.79. The van der Waals surface area contributed by atoms with E-state index in [0.717, 1.165) is 0 Å². The molecule has 0 amide bonds. The molecular formula is C12H13FN2O2S. The molecule has 6 heteroatoms. The molecule has 0 saturated heterocycles. The van der Waals surface area contributed by atoms with Crippen LogP contribution in [-0.4, -0.2) is 23.3 Å². The molecule has 0 fully saturated rings. The Kier molecular flexibility index (Phi) is 3.88. The molecule has 0 spiro atoms. The van der Waals surface area contributed by atoms with E-state index >= 15 is 0 Å². The fraction of sp³-hybridized carbons (Fsp3) is 0.333. The van der Waals surface area contributed by atoms with E-state index in [9.17, 15) is 9.18 Å². The van der Waals surface area contributed by atoms with Crippen LogP contribution in [0, 0.1) is 10.6 Å². The Morgan fingerprint density at radius 2 is 2.28 bits per heavy atom. The Labute approximate surface area is 108 Å². The number of rotatable bonds is 4. The largest absolute Gasteiger partial charge is 0.385 e. The predicted molar refractivity (Wildman–Crippen MR) is 69.8 cm³/mol. The Bertz CT molecular complexity index is 678. The van der Waals surface area contributed by atoms with Gasteiger partial charge in [0.1, 0.15) is 5.82 Å². The van der Waals surface area contributed by atoms with E-state index in [0.29, 0.717) is 35.2 Å². The SMILES string of the molecule is COCCCn1c(=S)[nH]c2ccc(F)cc2c1=O. The minimum atomic E-state index is -0.437. The fourth-order valence-corrected chi connectivity index (χ4v) is 2.08. The van der Waals surface area contributed by atoms with Gasteiger partial charge in [-0.3, -0.25) is 9.36 Å². The highest BCUT2D eigenvalue weighted by atomic mass is 32.1. The smallest absolute Gasteiger partial charge is 0.262 e. The molecule has 1 heterocycles. The number of aromatic nitrogens is 2. The highest BCUT2D eigenvalue weighted by Gasteiger charge is 2.06. The van der Waals surface area contributed by atoms with Gasteiger partial charge in [-0.05, 0) is 36.8 Å². The molecule has 4 nitrogen and oxygen atoms in total. The molecule has 1 aromatic carbocycles. The summed E-state index contributed by atoms with van der Waals surface area (Å²) < 4.78 is 19.8. The van der Waals surface area contributed by atoms with E-state index in [4.69, 9.17) is 17.0 Å². The van der Waals surface area contributed by atoms with Crippen LogP contribution in [0.4, 0.5) is 4.39 Å². The molecule has 2 rings (SSSR count). The molecule has 0 bridgehead atoms. The maximum absolute atomic E-state index is 13.1. The molecule has 0 aliphatic carbocycles. The van der Waals surface area contributed by atoms with Crippen molar-refractivity contribution in [3.63, 3.8) is 0 Å². The topological polar surface area (TPSA) is 47.0 Å². The first-order valence-electron chi connectivity index (χ1n) is 5.55. The van der Waals surface area contributed by atoms with E-state index in [2.05, 4.69) is 4.98 Å². The second-order valence-corrected chi connectivity index (χ2v) is 4.31. The summed E-state index contributed by atoms with van der Waals surface area (Å²) in [6.07, 6.45) is 0.675. The zero-order valence-electron chi connectivity index (χ0n) is 9.90. The van der Waals surface area contributed by atoms with E-state index < -0.39 is 5.82 Å². The van der Waals surface area contributed by atoms with Crippen molar-refractivity contribution in [3.8, 4) is 0 Å². The summed E-state index contributed by atoms with van der Waals surface area (Å²) >= 11 is 5.12. The Morgan fingerprint density at radius 1 is 1.50 bits per heavy atom. The van der Waals surface area contributed by atoms with Gasteiger partial charge in [-0.2, -0.15) is 0 Å². The Balaban J connectivity index is 2.53. The van der Waals surface area contributed by atoms with E-state index in [-0.39, 0.29) is 5.56 Å². The minimum absolute atomic E-state index is 0.274. The summed E-state index contributed by atoms with van der Waals surface area (Å²) in [6, 6.07) is 4.03. The van der Waals surface area contributed by atoms with E-state index in [1.165, 1.54) is 22.8 Å². The van der Waals surface area contributed by atoms with Crippen LogP contribution in [0.1, 0.15) is 6.42 Å². The first kappa shape index (κ1) is 12.9. The number of H-pyrrole nitrogens is 1. The van der Waals surface area contributed by atoms with Crippen LogP contribution in [0.2, 0.25) is 0 Å². The summed E-state index contributed by atoms with van der Waals surface area (Å²) in [5, 5.41) is 0.306. The zero-order valence-corrected chi connectivity index (χ0v) is 10.7. The van der Waals surface area contributed by atoms with Crippen LogP contribution >= 0.6 is 12.2 Å². The van der Waals surface area contributed by atoms with Crippen LogP contribution < -0.4 is 5.56 Å². The summed E-state index contributed by atoms with van der Waals surface area (Å²) in [5.41, 5.74) is 0.277. The monoisotopic (exact) mass is 268 g/mol. The number of nitrogens with one attached hydrogen (secondary N) is 1. The summed E-state index contributed by atoms with van der Waals surface area (Å²) in [6.45, 7) is 0.997. The van der Waals surface area contributed by atoms with Crippen molar-refractivity contribution in [2.45, 2.75) is 13.0 Å². The first-order chi connectivity index (χ1) is 8.63. The van der Waals surface area contributed by atoms with Crippen molar-refractivity contribution in [3.05, 3.63) is 39.1 Å². The number of methoxy groups -OCH3 is 1. The van der Waals surface area contributed by atoms with Crippen molar-refractivity contribution >= 4 is 23.1 Å². The van der Waals surface area contributed by atoms with Gasteiger partial charge in [0.25, 0.3) is 5.56 Å². The van der Waals surface area contributed by atoms with Gasteiger partial charge in [-0.1, -0.05) is 0 Å². The number of hydrogen-bond donors (Lipinski definition) is 1. The maximum atomic E-state index is 13.1. The molecule has 1 aromatic heterocycles. The second-order valence-electron chi connectivity index (χ2n) is 3.92. The van der Waals surface area contributed by atoms with Gasteiger partial charge in [0, 0.05) is 20.3 Å². The third kappa shape index (κ3) is 2.49. The number of hydrogen-bond acceptors (Lipinski definition) is 3. The van der Waals surface area contributed by atoms with Gasteiger partial charge in [-0.15, -0.1) is 0 Å². The highest BCUT2D eigenvalue weighted by Crippen LogP contribution is 2.09. The lowest BCUT2D eigenvalue weighted by atomic mass is 10.2. The second kappa shape index (κ2) is 5.41. The molecule has 0 saturated carbocycles. The van der Waals surface area contributed by atoms with Gasteiger partial charge in [-0.25, -0.2) is 4.39 Å². The molecule has 1 N–H and O–H groups in total. The first-order valence-corrected chi connectivity index (χ1v) is 5.95. The third-order valence-electron chi connectivity index (χ3n) is 2.67. The lowest BCUT2D eigenvalue weighted by Crippen LogP contribution is -2.23. The number of ether oxygens (including phenoxy) is 1. The van der Waals surface area contributed by atoms with Crippen LogP contribution in [0.5, 0.6) is 0 Å². The van der Waals surface area contributed by atoms with Crippen LogP contribution in [0.25, 0.3) is 10.9 Å². The van der Waals surface area contributed by atoms with Gasteiger partial charge in [0.15, 0.2) is 4.77 Å². The minimum Gasteiger partial charge on any atom is -0.385 e. The molecule has 0 aliphatic heterocycles. The quantitative estimate of drug-likeness (QED) is 0.683. The number of nitrogens with zero attached hydrogens (tertiary/aromatic N) is 1. The molecule has 0 aliphatic rings. The maximum Gasteiger partial charge on any atom is 0.262 e. The van der Waals surface area contributed by atoms with Gasteiger partial charge < -0.3 is 9.72 Å². The summed E-state index contributed by atoms with van der Waals surface area (Å²) in [4.78, 5) is 15.1. The van der Waals surface area contributed by atoms with Crippen molar-refractivity contribution in [2.24, 2.45) is 0 Å². The number of fused-ring (bicyclic) bond motifs is 1. The molecule has 0 atom stereocenters. The van der Waals surface area contributed by atoms with E-state index in [1.807, 2.05) is 0 Å². The van der Waals surface area contributed by atoms with Crippen molar-refractivity contribution in [1.82, 2.24) is 9.55 Å². The van der Waals surface area contributed by atoms with Gasteiger partial charge in [0.05, 0.1) is 10.9 Å². The lowest BCUT2D eigenvalue weighted by molar-refractivity contribution is 0.189. The van der Waals surface area contributed by atoms with Crippen molar-refractivity contribution in [1.29, 1.82) is 0 Å². The molecule has 96 valence electrons. The molecule has 0 unspecified atom stereocenters. The zero-order chi connectivity index (χ0) is 13.1. The van der Waals surface area contributed by atoms with Crippen LogP contribution in [0.3, 0.4) is 0 Å². The normalized spacial score (nSPS) is 11.0. The molecule has 2 aromatic rings. The highest BCUT2D eigenvalue weighted by molar-refractivity contribution is 7.71. The van der Waals surface area contributed by atoms with Crippen molar-refractivity contribution in [2.75, 3.05) is 13.7 Å². The standard InChI is InChI=1S/C12H13FN2O2S/c1-17-6-2-5-15-11(16)9-7-8(13)3-4-10(9)14-12(15)18/h3-4,7H,2,5-6H2,1H3,(H,14,18). The van der Waals surface area contributed by atoms with Crippen LogP contribution in [-0.2, 0) is 11.3 Å². The Morgan fingerprint density at radius 3 is 3.00 bits per heavy atom.